The molecule has 2 nitrogen and oxygen atoms in total. The first-order valence-corrected chi connectivity index (χ1v) is 5.80. The first-order valence-electron chi connectivity index (χ1n) is 5.04. The number of carbonyl (C=O) groups excluding carboxylic acids is 1. The maximum absolute atomic E-state index is 11.9. The van der Waals surface area contributed by atoms with Crippen molar-refractivity contribution < 1.29 is 4.79 Å². The number of halogens is 2. The van der Waals surface area contributed by atoms with Crippen molar-refractivity contribution in [1.82, 2.24) is 4.98 Å². The van der Waals surface area contributed by atoms with Crippen LogP contribution in [0.15, 0.2) is 42.6 Å². The molecule has 1 heterocycles. The summed E-state index contributed by atoms with van der Waals surface area (Å²) >= 11 is 11.4. The zero-order valence-electron chi connectivity index (χ0n) is 8.86. The van der Waals surface area contributed by atoms with Gasteiger partial charge in [0.2, 0.25) is 0 Å². The molecule has 0 unspecified atom stereocenters. The van der Waals surface area contributed by atoms with Gasteiger partial charge in [-0.05, 0) is 29.8 Å². The van der Waals surface area contributed by atoms with Gasteiger partial charge >= 0.3 is 0 Å². The zero-order chi connectivity index (χ0) is 12.3. The monoisotopic (exact) mass is 265 g/mol. The summed E-state index contributed by atoms with van der Waals surface area (Å²) in [6, 6.07) is 10.5. The van der Waals surface area contributed by atoms with E-state index in [1.54, 1.807) is 24.3 Å². The molecule has 0 saturated carbocycles. The van der Waals surface area contributed by atoms with Crippen LogP contribution in [0, 0.1) is 0 Å². The van der Waals surface area contributed by atoms with Crippen LogP contribution in [0.1, 0.15) is 15.9 Å². The minimum Gasteiger partial charge on any atom is -0.294 e. The van der Waals surface area contributed by atoms with Gasteiger partial charge in [-0.2, -0.15) is 0 Å². The van der Waals surface area contributed by atoms with E-state index in [-0.39, 0.29) is 5.78 Å². The smallest absolute Gasteiger partial charge is 0.168 e. The molecule has 0 atom stereocenters. The minimum atomic E-state index is 0.0106. The average Bonchev–Trinajstić information content (AvgIpc) is 2.33. The molecule has 0 bridgehead atoms. The normalized spacial score (nSPS) is 10.2. The second-order valence-electron chi connectivity index (χ2n) is 3.60. The second-order valence-corrected chi connectivity index (χ2v) is 4.42. The second kappa shape index (κ2) is 5.30. The van der Waals surface area contributed by atoms with Crippen molar-refractivity contribution in [3.8, 4) is 0 Å². The van der Waals surface area contributed by atoms with Crippen molar-refractivity contribution in [2.75, 3.05) is 0 Å². The van der Waals surface area contributed by atoms with Crippen LogP contribution in [0.4, 0.5) is 0 Å². The van der Waals surface area contributed by atoms with Crippen LogP contribution in [0.2, 0.25) is 10.2 Å². The molecular weight excluding hydrogens is 257 g/mol. The van der Waals surface area contributed by atoms with Crippen LogP contribution in [0.3, 0.4) is 0 Å². The van der Waals surface area contributed by atoms with Crippen LogP contribution in [-0.4, -0.2) is 10.8 Å². The minimum absolute atomic E-state index is 0.0106. The van der Waals surface area contributed by atoms with Crippen molar-refractivity contribution >= 4 is 29.0 Å². The summed E-state index contributed by atoms with van der Waals surface area (Å²) < 4.78 is 0. The summed E-state index contributed by atoms with van der Waals surface area (Å²) in [5.41, 5.74) is 1.48. The lowest BCUT2D eigenvalue weighted by Gasteiger charge is -2.01. The lowest BCUT2D eigenvalue weighted by Crippen LogP contribution is -2.03. The number of rotatable bonds is 3. The molecule has 0 aliphatic carbocycles. The Balaban J connectivity index is 2.11. The van der Waals surface area contributed by atoms with Gasteiger partial charge in [-0.25, -0.2) is 4.98 Å². The summed E-state index contributed by atoms with van der Waals surface area (Å²) in [7, 11) is 0. The summed E-state index contributed by atoms with van der Waals surface area (Å²) in [5, 5.41) is 1.04. The molecule has 0 aliphatic rings. The topological polar surface area (TPSA) is 30.0 Å². The van der Waals surface area contributed by atoms with Crippen molar-refractivity contribution in [2.24, 2.45) is 0 Å². The van der Waals surface area contributed by atoms with Crippen molar-refractivity contribution in [3.05, 3.63) is 63.9 Å². The van der Waals surface area contributed by atoms with E-state index in [9.17, 15) is 4.79 Å². The lowest BCUT2D eigenvalue weighted by atomic mass is 10.0. The Morgan fingerprint density at radius 2 is 1.76 bits per heavy atom. The van der Waals surface area contributed by atoms with E-state index >= 15 is 0 Å². The number of nitrogens with zero attached hydrogens (tertiary/aromatic N) is 1. The fourth-order valence-electron chi connectivity index (χ4n) is 1.43. The third-order valence-corrected chi connectivity index (χ3v) is 2.80. The molecule has 0 saturated heterocycles. The Kier molecular flexibility index (Phi) is 3.77. The molecule has 0 radical (unpaired) electrons. The molecular formula is C13H9Cl2NO. The lowest BCUT2D eigenvalue weighted by molar-refractivity contribution is 0.0992. The molecule has 1 aromatic carbocycles. The first-order chi connectivity index (χ1) is 8.15. The van der Waals surface area contributed by atoms with Gasteiger partial charge in [0.05, 0.1) is 0 Å². The third-order valence-electron chi connectivity index (χ3n) is 2.33. The summed E-state index contributed by atoms with van der Waals surface area (Å²) in [6.45, 7) is 0. The van der Waals surface area contributed by atoms with Crippen LogP contribution in [-0.2, 0) is 6.42 Å². The van der Waals surface area contributed by atoms with E-state index in [0.29, 0.717) is 22.2 Å². The SMILES string of the molecule is O=C(Cc1ccc(Cl)cc1)c1ccc(Cl)nc1. The molecule has 0 fully saturated rings. The Morgan fingerprint density at radius 1 is 1.06 bits per heavy atom. The quantitative estimate of drug-likeness (QED) is 0.624. The van der Waals surface area contributed by atoms with Crippen molar-refractivity contribution in [2.45, 2.75) is 6.42 Å². The molecule has 17 heavy (non-hydrogen) atoms. The fourth-order valence-corrected chi connectivity index (χ4v) is 1.67. The van der Waals surface area contributed by atoms with Gasteiger partial charge in [-0.15, -0.1) is 0 Å². The molecule has 1 aromatic heterocycles. The number of aromatic nitrogens is 1. The molecule has 86 valence electrons. The number of Topliss-reactive ketones (excluding diaryl/α,β-unsaturated/α-hetero) is 1. The van der Waals surface area contributed by atoms with E-state index in [0.717, 1.165) is 5.56 Å². The predicted molar refractivity (Wildman–Crippen MR) is 68.7 cm³/mol. The molecule has 0 spiro atoms. The van der Waals surface area contributed by atoms with Gasteiger partial charge < -0.3 is 0 Å². The van der Waals surface area contributed by atoms with Gasteiger partial charge in [0.1, 0.15) is 5.15 Å². The highest BCUT2D eigenvalue weighted by Gasteiger charge is 2.07. The van der Waals surface area contributed by atoms with Crippen molar-refractivity contribution in [3.63, 3.8) is 0 Å². The number of hydrogen-bond donors (Lipinski definition) is 0. The largest absolute Gasteiger partial charge is 0.294 e. The van der Waals surface area contributed by atoms with Gasteiger partial charge in [0.25, 0.3) is 0 Å². The third kappa shape index (κ3) is 3.29. The summed E-state index contributed by atoms with van der Waals surface area (Å²) in [6.07, 6.45) is 1.82. The first kappa shape index (κ1) is 12.1. The van der Waals surface area contributed by atoms with Gasteiger partial charge in [-0.1, -0.05) is 35.3 Å². The Labute approximate surface area is 109 Å². The molecule has 0 N–H and O–H groups in total. The number of ketones is 1. The Bertz CT molecular complexity index is 520. The number of benzene rings is 1. The van der Waals surface area contributed by atoms with E-state index < -0.39 is 0 Å². The fraction of sp³-hybridized carbons (Fsp3) is 0.0769. The van der Waals surface area contributed by atoms with E-state index in [1.807, 2.05) is 12.1 Å². The summed E-state index contributed by atoms with van der Waals surface area (Å²) in [5.74, 6) is 0.0106. The molecule has 4 heteroatoms. The molecule has 0 aliphatic heterocycles. The van der Waals surface area contributed by atoms with E-state index in [4.69, 9.17) is 23.2 Å². The predicted octanol–water partition coefficient (Wildman–Crippen LogP) is 3.81. The van der Waals surface area contributed by atoms with Gasteiger partial charge in [0.15, 0.2) is 5.78 Å². The van der Waals surface area contributed by atoms with E-state index in [2.05, 4.69) is 4.98 Å². The number of pyridine rings is 1. The van der Waals surface area contributed by atoms with Crippen molar-refractivity contribution in [1.29, 1.82) is 0 Å². The maximum Gasteiger partial charge on any atom is 0.168 e. The molecule has 0 amide bonds. The highest BCUT2D eigenvalue weighted by molar-refractivity contribution is 6.30. The van der Waals surface area contributed by atoms with Crippen LogP contribution >= 0.6 is 23.2 Å². The number of carbonyl (C=O) groups is 1. The average molecular weight is 266 g/mol. The highest BCUT2D eigenvalue weighted by Crippen LogP contribution is 2.13. The zero-order valence-corrected chi connectivity index (χ0v) is 10.4. The highest BCUT2D eigenvalue weighted by atomic mass is 35.5. The van der Waals surface area contributed by atoms with E-state index in [1.165, 1.54) is 6.20 Å². The Morgan fingerprint density at radius 3 is 2.35 bits per heavy atom. The van der Waals surface area contributed by atoms with Gasteiger partial charge in [0, 0.05) is 23.2 Å². The Hall–Kier alpha value is -1.38. The van der Waals surface area contributed by atoms with Crippen LogP contribution < -0.4 is 0 Å². The molecule has 2 aromatic rings. The van der Waals surface area contributed by atoms with Gasteiger partial charge in [-0.3, -0.25) is 4.79 Å². The molecule has 2 rings (SSSR count). The maximum atomic E-state index is 11.9. The van der Waals surface area contributed by atoms with Crippen LogP contribution in [0.5, 0.6) is 0 Å². The standard InChI is InChI=1S/C13H9Cl2NO/c14-11-4-1-9(2-5-11)7-12(17)10-3-6-13(15)16-8-10/h1-6,8H,7H2. The van der Waals surface area contributed by atoms with Crippen LogP contribution in [0.25, 0.3) is 0 Å². The summed E-state index contributed by atoms with van der Waals surface area (Å²) in [4.78, 5) is 15.8. The number of hydrogen-bond acceptors (Lipinski definition) is 2.